The van der Waals surface area contributed by atoms with Crippen LogP contribution in [-0.2, 0) is 4.79 Å². The van der Waals surface area contributed by atoms with E-state index in [-0.39, 0.29) is 24.0 Å². The van der Waals surface area contributed by atoms with Crippen LogP contribution in [0.3, 0.4) is 0 Å². The van der Waals surface area contributed by atoms with Gasteiger partial charge in [0.1, 0.15) is 5.82 Å². The topological polar surface area (TPSA) is 44.4 Å². The maximum absolute atomic E-state index is 13.4. The zero-order chi connectivity index (χ0) is 13.8. The molecule has 0 spiro atoms. The Morgan fingerprint density at radius 3 is 2.55 bits per heavy atom. The van der Waals surface area contributed by atoms with Crippen molar-refractivity contribution in [2.45, 2.75) is 25.9 Å². The summed E-state index contributed by atoms with van der Waals surface area (Å²) in [4.78, 5) is 14.0. The number of nitrogens with zero attached hydrogens (tertiary/aromatic N) is 1. The fourth-order valence-corrected chi connectivity index (χ4v) is 2.52. The van der Waals surface area contributed by atoms with Crippen molar-refractivity contribution in [2.75, 3.05) is 25.0 Å². The molecule has 1 fully saturated rings. The van der Waals surface area contributed by atoms with E-state index in [1.165, 1.54) is 6.07 Å². The summed E-state index contributed by atoms with van der Waals surface area (Å²) in [6, 6.07) is 6.94. The first kappa shape index (κ1) is 16.9. The Balaban J connectivity index is 0.00000200. The van der Waals surface area contributed by atoms with Crippen molar-refractivity contribution in [1.82, 2.24) is 10.2 Å². The highest BCUT2D eigenvalue weighted by Gasteiger charge is 2.22. The number of anilines is 1. The zero-order valence-electron chi connectivity index (χ0n) is 11.7. The number of nitrogens with one attached hydrogen (secondary N) is 2. The molecule has 112 valence electrons. The van der Waals surface area contributed by atoms with Crippen molar-refractivity contribution < 1.29 is 9.18 Å². The highest BCUT2D eigenvalue weighted by molar-refractivity contribution is 5.92. The summed E-state index contributed by atoms with van der Waals surface area (Å²) in [6.07, 6.45) is 0. The molecule has 0 saturated carbocycles. The van der Waals surface area contributed by atoms with Crippen molar-refractivity contribution in [3.8, 4) is 0 Å². The maximum atomic E-state index is 13.4. The molecule has 1 aromatic rings. The Kier molecular flexibility index (Phi) is 6.39. The van der Waals surface area contributed by atoms with Gasteiger partial charge in [-0.1, -0.05) is 12.1 Å². The molecule has 2 N–H and O–H groups in total. The molecule has 1 amide bonds. The van der Waals surface area contributed by atoms with Crippen LogP contribution in [0.5, 0.6) is 0 Å². The number of halogens is 2. The number of para-hydroxylation sites is 1. The molecule has 6 heteroatoms. The normalized spacial score (nSPS) is 22.9. The quantitative estimate of drug-likeness (QED) is 0.896. The molecule has 4 nitrogen and oxygen atoms in total. The molecule has 20 heavy (non-hydrogen) atoms. The van der Waals surface area contributed by atoms with E-state index in [4.69, 9.17) is 0 Å². The van der Waals surface area contributed by atoms with Gasteiger partial charge in [-0.25, -0.2) is 4.39 Å². The Hall–Kier alpha value is -1.17. The highest BCUT2D eigenvalue weighted by Crippen LogP contribution is 2.12. The van der Waals surface area contributed by atoms with Crippen LogP contribution >= 0.6 is 12.4 Å². The molecule has 2 unspecified atom stereocenters. The Morgan fingerprint density at radius 1 is 1.35 bits per heavy atom. The van der Waals surface area contributed by atoms with Crippen LogP contribution in [0.1, 0.15) is 13.8 Å². The Morgan fingerprint density at radius 2 is 1.95 bits per heavy atom. The number of piperazine rings is 1. The van der Waals surface area contributed by atoms with Crippen LogP contribution in [0.15, 0.2) is 24.3 Å². The first-order valence-corrected chi connectivity index (χ1v) is 6.57. The fraction of sp³-hybridized carbons (Fsp3) is 0.500. The fourth-order valence-electron chi connectivity index (χ4n) is 2.52. The van der Waals surface area contributed by atoms with Crippen LogP contribution in [0, 0.1) is 5.82 Å². The second-order valence-electron chi connectivity index (χ2n) is 5.19. The molecule has 0 radical (unpaired) electrons. The van der Waals surface area contributed by atoms with Gasteiger partial charge in [-0.2, -0.15) is 0 Å². The molecular formula is C14H21ClFN3O. The minimum absolute atomic E-state index is 0. The van der Waals surface area contributed by atoms with Gasteiger partial charge in [0.25, 0.3) is 0 Å². The number of rotatable bonds is 3. The first-order valence-electron chi connectivity index (χ1n) is 6.57. The lowest BCUT2D eigenvalue weighted by atomic mass is 10.1. The second-order valence-corrected chi connectivity index (χ2v) is 5.19. The van der Waals surface area contributed by atoms with E-state index in [2.05, 4.69) is 29.4 Å². The second kappa shape index (κ2) is 7.57. The minimum Gasteiger partial charge on any atom is -0.322 e. The summed E-state index contributed by atoms with van der Waals surface area (Å²) in [5.41, 5.74) is 0.240. The largest absolute Gasteiger partial charge is 0.322 e. The smallest absolute Gasteiger partial charge is 0.238 e. The van der Waals surface area contributed by atoms with Gasteiger partial charge in [0.15, 0.2) is 0 Å². The van der Waals surface area contributed by atoms with Crippen LogP contribution < -0.4 is 10.6 Å². The van der Waals surface area contributed by atoms with E-state index < -0.39 is 5.82 Å². The number of hydrogen-bond donors (Lipinski definition) is 2. The van der Waals surface area contributed by atoms with Crippen LogP contribution in [-0.4, -0.2) is 42.5 Å². The van der Waals surface area contributed by atoms with Gasteiger partial charge in [-0.3, -0.25) is 9.69 Å². The zero-order valence-corrected chi connectivity index (χ0v) is 12.5. The predicted octanol–water partition coefficient (Wildman–Crippen LogP) is 1.87. The van der Waals surface area contributed by atoms with Crippen molar-refractivity contribution in [1.29, 1.82) is 0 Å². The summed E-state index contributed by atoms with van der Waals surface area (Å²) in [5.74, 6) is -0.579. The number of carbonyl (C=O) groups is 1. The molecule has 1 aliphatic heterocycles. The van der Waals surface area contributed by atoms with Gasteiger partial charge < -0.3 is 10.6 Å². The average Bonchev–Trinajstić information content (AvgIpc) is 2.30. The third-order valence-corrected chi connectivity index (χ3v) is 3.15. The van der Waals surface area contributed by atoms with E-state index in [0.29, 0.717) is 18.6 Å². The van der Waals surface area contributed by atoms with Crippen molar-refractivity contribution in [3.05, 3.63) is 30.1 Å². The molecule has 1 saturated heterocycles. The van der Waals surface area contributed by atoms with Gasteiger partial charge in [0.05, 0.1) is 12.2 Å². The standard InChI is InChI=1S/C14H20FN3O.ClH/c1-10-7-18(8-11(2)16-10)9-14(19)17-13-6-4-3-5-12(13)15;/h3-6,10-11,16H,7-9H2,1-2H3,(H,17,19);1H. The molecule has 0 bridgehead atoms. The SMILES string of the molecule is CC1CN(CC(=O)Nc2ccccc2F)CC(C)N1.Cl. The van der Waals surface area contributed by atoms with Crippen LogP contribution in [0.25, 0.3) is 0 Å². The number of amides is 1. The van der Waals surface area contributed by atoms with E-state index in [1.54, 1.807) is 18.2 Å². The molecule has 2 rings (SSSR count). The molecule has 0 aromatic heterocycles. The summed E-state index contributed by atoms with van der Waals surface area (Å²) in [7, 11) is 0. The van der Waals surface area contributed by atoms with Gasteiger partial charge in [-0.05, 0) is 26.0 Å². The lowest BCUT2D eigenvalue weighted by Crippen LogP contribution is -2.55. The molecule has 1 heterocycles. The highest BCUT2D eigenvalue weighted by atomic mass is 35.5. The molecule has 0 aliphatic carbocycles. The van der Waals surface area contributed by atoms with Gasteiger partial charge in [0, 0.05) is 25.2 Å². The predicted molar refractivity (Wildman–Crippen MR) is 80.8 cm³/mol. The van der Waals surface area contributed by atoms with Crippen LogP contribution in [0.4, 0.5) is 10.1 Å². The lowest BCUT2D eigenvalue weighted by molar-refractivity contribution is -0.117. The Labute approximate surface area is 125 Å². The minimum atomic E-state index is -0.405. The lowest BCUT2D eigenvalue weighted by Gasteiger charge is -2.35. The van der Waals surface area contributed by atoms with Gasteiger partial charge in [-0.15, -0.1) is 12.4 Å². The van der Waals surface area contributed by atoms with E-state index in [0.717, 1.165) is 13.1 Å². The maximum Gasteiger partial charge on any atom is 0.238 e. The third-order valence-electron chi connectivity index (χ3n) is 3.15. The summed E-state index contributed by atoms with van der Waals surface area (Å²) < 4.78 is 13.4. The third kappa shape index (κ3) is 4.74. The van der Waals surface area contributed by atoms with Crippen molar-refractivity contribution in [2.24, 2.45) is 0 Å². The molecule has 1 aliphatic rings. The number of benzene rings is 1. The van der Waals surface area contributed by atoms with Crippen molar-refractivity contribution in [3.63, 3.8) is 0 Å². The molecule has 2 atom stereocenters. The van der Waals surface area contributed by atoms with E-state index in [9.17, 15) is 9.18 Å². The van der Waals surface area contributed by atoms with Gasteiger partial charge in [0.2, 0.25) is 5.91 Å². The summed E-state index contributed by atoms with van der Waals surface area (Å²) >= 11 is 0. The summed E-state index contributed by atoms with van der Waals surface area (Å²) in [5, 5.41) is 6.02. The van der Waals surface area contributed by atoms with Crippen LogP contribution in [0.2, 0.25) is 0 Å². The number of carbonyl (C=O) groups excluding carboxylic acids is 1. The average molecular weight is 302 g/mol. The summed E-state index contributed by atoms with van der Waals surface area (Å²) in [6.45, 7) is 6.14. The Bertz CT molecular complexity index is 448. The van der Waals surface area contributed by atoms with E-state index in [1.807, 2.05) is 0 Å². The monoisotopic (exact) mass is 301 g/mol. The molecule has 1 aromatic carbocycles. The van der Waals surface area contributed by atoms with Crippen molar-refractivity contribution >= 4 is 24.0 Å². The molecular weight excluding hydrogens is 281 g/mol. The number of hydrogen-bond acceptors (Lipinski definition) is 3. The first-order chi connectivity index (χ1) is 9.04. The van der Waals surface area contributed by atoms with E-state index >= 15 is 0 Å². The van der Waals surface area contributed by atoms with Gasteiger partial charge >= 0.3 is 0 Å².